The number of rotatable bonds is 2. The van der Waals surface area contributed by atoms with Crippen molar-refractivity contribution in [3.63, 3.8) is 0 Å². The van der Waals surface area contributed by atoms with Crippen LogP contribution in [-0.2, 0) is 0 Å². The van der Waals surface area contributed by atoms with E-state index < -0.39 is 11.6 Å². The Morgan fingerprint density at radius 1 is 0.952 bits per heavy atom. The van der Waals surface area contributed by atoms with Gasteiger partial charge in [-0.2, -0.15) is 0 Å². The second-order valence-electron chi connectivity index (χ2n) is 7.31. The van der Waals surface area contributed by atoms with Crippen LogP contribution in [0.15, 0.2) is 18.2 Å². The van der Waals surface area contributed by atoms with Gasteiger partial charge in [-0.25, -0.2) is 8.78 Å². The lowest BCUT2D eigenvalue weighted by Crippen LogP contribution is -2.59. The molecule has 1 aromatic carbocycles. The molecule has 0 atom stereocenters. The summed E-state index contributed by atoms with van der Waals surface area (Å²) in [7, 11) is 0. The number of amides is 1. The lowest BCUT2D eigenvalue weighted by molar-refractivity contribution is -0.0167. The van der Waals surface area contributed by atoms with Crippen molar-refractivity contribution in [2.45, 2.75) is 44.1 Å². The predicted molar refractivity (Wildman–Crippen MR) is 74.7 cm³/mol. The molecule has 0 spiro atoms. The number of nitrogens with one attached hydrogen (secondary N) is 1. The van der Waals surface area contributed by atoms with E-state index in [-0.39, 0.29) is 17.0 Å². The Bertz CT molecular complexity index is 543. The summed E-state index contributed by atoms with van der Waals surface area (Å²) in [4.78, 5) is 12.4. The lowest BCUT2D eigenvalue weighted by Gasteiger charge is -2.56. The van der Waals surface area contributed by atoms with Crippen molar-refractivity contribution in [3.8, 4) is 0 Å². The zero-order valence-corrected chi connectivity index (χ0v) is 11.9. The van der Waals surface area contributed by atoms with E-state index in [2.05, 4.69) is 5.32 Å². The van der Waals surface area contributed by atoms with Crippen LogP contribution in [0.25, 0.3) is 0 Å². The molecule has 4 saturated carbocycles. The van der Waals surface area contributed by atoms with Crippen molar-refractivity contribution in [1.29, 1.82) is 0 Å². The Morgan fingerprint density at radius 2 is 1.43 bits per heavy atom. The second kappa shape index (κ2) is 4.52. The molecule has 4 bridgehead atoms. The van der Waals surface area contributed by atoms with E-state index in [0.29, 0.717) is 0 Å². The molecule has 2 nitrogen and oxygen atoms in total. The monoisotopic (exact) mass is 291 g/mol. The summed E-state index contributed by atoms with van der Waals surface area (Å²) < 4.78 is 26.5. The van der Waals surface area contributed by atoms with Crippen LogP contribution in [0.5, 0.6) is 0 Å². The largest absolute Gasteiger partial charge is 0.347 e. The van der Waals surface area contributed by atoms with E-state index >= 15 is 0 Å². The molecular weight excluding hydrogens is 272 g/mol. The first-order valence-electron chi connectivity index (χ1n) is 7.80. The van der Waals surface area contributed by atoms with Gasteiger partial charge in [-0.3, -0.25) is 4.79 Å². The first kappa shape index (κ1) is 13.2. The molecule has 0 radical (unpaired) electrons. The Labute approximate surface area is 122 Å². The van der Waals surface area contributed by atoms with E-state index in [0.717, 1.165) is 55.2 Å². The highest BCUT2D eigenvalue weighted by molar-refractivity contribution is 5.94. The summed E-state index contributed by atoms with van der Waals surface area (Å²) in [5.41, 5.74) is -0.0440. The van der Waals surface area contributed by atoms with Gasteiger partial charge in [-0.15, -0.1) is 0 Å². The molecule has 1 aromatic rings. The summed E-state index contributed by atoms with van der Waals surface area (Å²) in [5.74, 6) is 0.425. The number of carbonyl (C=O) groups is 1. The predicted octanol–water partition coefficient (Wildman–Crippen LogP) is 3.66. The van der Waals surface area contributed by atoms with Gasteiger partial charge in [0.2, 0.25) is 0 Å². The third kappa shape index (κ3) is 2.34. The summed E-state index contributed by atoms with van der Waals surface area (Å²) in [6, 6.07) is 3.01. The highest BCUT2D eigenvalue weighted by atomic mass is 19.1. The molecule has 0 saturated heterocycles. The Morgan fingerprint density at radius 3 is 1.90 bits per heavy atom. The molecule has 21 heavy (non-hydrogen) atoms. The van der Waals surface area contributed by atoms with Crippen molar-refractivity contribution in [3.05, 3.63) is 35.4 Å². The van der Waals surface area contributed by atoms with Gasteiger partial charge in [0.25, 0.3) is 5.91 Å². The molecule has 4 aliphatic carbocycles. The highest BCUT2D eigenvalue weighted by Gasteiger charge is 2.51. The molecule has 0 unspecified atom stereocenters. The van der Waals surface area contributed by atoms with Crippen molar-refractivity contribution < 1.29 is 13.6 Å². The van der Waals surface area contributed by atoms with Gasteiger partial charge in [-0.05, 0) is 68.4 Å². The van der Waals surface area contributed by atoms with Crippen LogP contribution in [0.1, 0.15) is 48.9 Å². The van der Waals surface area contributed by atoms with Crippen molar-refractivity contribution >= 4 is 5.91 Å². The average Bonchev–Trinajstić information content (AvgIpc) is 2.35. The first-order valence-corrected chi connectivity index (χ1v) is 7.80. The zero-order chi connectivity index (χ0) is 14.6. The summed E-state index contributed by atoms with van der Waals surface area (Å²) >= 11 is 0. The molecule has 0 aliphatic heterocycles. The van der Waals surface area contributed by atoms with Gasteiger partial charge in [0.1, 0.15) is 11.6 Å². The van der Waals surface area contributed by atoms with E-state index in [1.165, 1.54) is 19.3 Å². The van der Waals surface area contributed by atoms with Crippen LogP contribution < -0.4 is 5.32 Å². The van der Waals surface area contributed by atoms with E-state index in [4.69, 9.17) is 0 Å². The maximum Gasteiger partial charge on any atom is 0.251 e. The van der Waals surface area contributed by atoms with Crippen LogP contribution in [0.4, 0.5) is 8.78 Å². The van der Waals surface area contributed by atoms with Crippen LogP contribution in [0.3, 0.4) is 0 Å². The molecule has 0 aromatic heterocycles. The maximum absolute atomic E-state index is 13.3. The molecule has 4 aliphatic rings. The minimum atomic E-state index is -0.703. The molecule has 5 rings (SSSR count). The third-order valence-corrected chi connectivity index (χ3v) is 5.54. The number of hydrogen-bond acceptors (Lipinski definition) is 1. The smallest absolute Gasteiger partial charge is 0.251 e. The van der Waals surface area contributed by atoms with E-state index in [9.17, 15) is 13.6 Å². The van der Waals surface area contributed by atoms with Crippen LogP contribution in [0.2, 0.25) is 0 Å². The highest BCUT2D eigenvalue weighted by Crippen LogP contribution is 2.55. The molecule has 0 heterocycles. The number of benzene rings is 1. The van der Waals surface area contributed by atoms with Crippen LogP contribution >= 0.6 is 0 Å². The quantitative estimate of drug-likeness (QED) is 0.885. The molecular formula is C17H19F2NO. The maximum atomic E-state index is 13.3. The Hall–Kier alpha value is -1.45. The van der Waals surface area contributed by atoms with Gasteiger partial charge in [0.05, 0.1) is 0 Å². The fraction of sp³-hybridized carbons (Fsp3) is 0.588. The van der Waals surface area contributed by atoms with Crippen molar-refractivity contribution in [1.82, 2.24) is 5.32 Å². The van der Waals surface area contributed by atoms with Gasteiger partial charge in [0, 0.05) is 17.2 Å². The fourth-order valence-electron chi connectivity index (χ4n) is 5.26. The average molecular weight is 291 g/mol. The van der Waals surface area contributed by atoms with Crippen molar-refractivity contribution in [2.75, 3.05) is 0 Å². The van der Waals surface area contributed by atoms with E-state index in [1.54, 1.807) is 0 Å². The molecule has 4 heteroatoms. The number of halogens is 2. The SMILES string of the molecule is O=C(NC12CC3CC(CC(C3)C1)C2)c1cc(F)cc(F)c1. The summed E-state index contributed by atoms with van der Waals surface area (Å²) in [6.07, 6.45) is 6.98. The Kier molecular flexibility index (Phi) is 2.85. The lowest BCUT2D eigenvalue weighted by atomic mass is 9.53. The summed E-state index contributed by atoms with van der Waals surface area (Å²) in [5, 5.41) is 3.12. The van der Waals surface area contributed by atoms with Crippen molar-refractivity contribution in [2.24, 2.45) is 17.8 Å². The molecule has 112 valence electrons. The normalized spacial score (nSPS) is 36.8. The summed E-state index contributed by atoms with van der Waals surface area (Å²) in [6.45, 7) is 0. The zero-order valence-electron chi connectivity index (χ0n) is 11.9. The Balaban J connectivity index is 1.56. The van der Waals surface area contributed by atoms with Gasteiger partial charge < -0.3 is 5.32 Å². The fourth-order valence-corrected chi connectivity index (χ4v) is 5.26. The minimum absolute atomic E-state index is 0.0863. The molecule has 1 N–H and O–H groups in total. The van der Waals surface area contributed by atoms with Gasteiger partial charge in [-0.1, -0.05) is 0 Å². The second-order valence-corrected chi connectivity index (χ2v) is 7.31. The van der Waals surface area contributed by atoms with E-state index in [1.807, 2.05) is 0 Å². The van der Waals surface area contributed by atoms with Crippen LogP contribution in [0, 0.1) is 29.4 Å². The minimum Gasteiger partial charge on any atom is -0.347 e. The standard InChI is InChI=1S/C17H19F2NO/c18-14-4-13(5-15(19)6-14)16(21)20-17-7-10-1-11(8-17)3-12(2-10)9-17/h4-6,10-12H,1-3,7-9H2,(H,20,21). The third-order valence-electron chi connectivity index (χ3n) is 5.54. The van der Waals surface area contributed by atoms with Gasteiger partial charge >= 0.3 is 0 Å². The molecule has 1 amide bonds. The van der Waals surface area contributed by atoms with Crippen LogP contribution in [-0.4, -0.2) is 11.4 Å². The first-order chi connectivity index (χ1) is 10.0. The number of carbonyl (C=O) groups excluding carboxylic acids is 1. The topological polar surface area (TPSA) is 29.1 Å². The van der Waals surface area contributed by atoms with Gasteiger partial charge in [0.15, 0.2) is 0 Å². The number of hydrogen-bond donors (Lipinski definition) is 1. The molecule has 4 fully saturated rings.